The number of pyridine rings is 1. The highest BCUT2D eigenvalue weighted by Gasteiger charge is 2.37. The lowest BCUT2D eigenvalue weighted by atomic mass is 9.77. The van der Waals surface area contributed by atoms with Gasteiger partial charge in [0.1, 0.15) is 5.82 Å². The fraction of sp³-hybridized carbons (Fsp3) is 0.706. The van der Waals surface area contributed by atoms with Gasteiger partial charge in [0.25, 0.3) is 0 Å². The van der Waals surface area contributed by atoms with Crippen LogP contribution in [0.25, 0.3) is 0 Å². The highest BCUT2D eigenvalue weighted by Crippen LogP contribution is 2.46. The first-order valence-electron chi connectivity index (χ1n) is 8.23. The van der Waals surface area contributed by atoms with E-state index in [1.54, 1.807) is 0 Å². The maximum atomic E-state index is 4.81. The molecule has 110 valence electrons. The van der Waals surface area contributed by atoms with Gasteiger partial charge in [-0.2, -0.15) is 0 Å². The highest BCUT2D eigenvalue weighted by atomic mass is 15.2. The zero-order chi connectivity index (χ0) is 13.8. The van der Waals surface area contributed by atoms with E-state index < -0.39 is 0 Å². The Kier molecular flexibility index (Phi) is 4.25. The van der Waals surface area contributed by atoms with Crippen molar-refractivity contribution < 1.29 is 0 Å². The molecule has 0 radical (unpaired) electrons. The molecule has 3 rings (SSSR count). The second-order valence-electron chi connectivity index (χ2n) is 6.46. The van der Waals surface area contributed by atoms with Crippen LogP contribution < -0.4 is 10.2 Å². The molecule has 20 heavy (non-hydrogen) atoms. The molecule has 0 amide bonds. The number of aromatic nitrogens is 1. The Morgan fingerprint density at radius 2 is 1.90 bits per heavy atom. The van der Waals surface area contributed by atoms with Gasteiger partial charge < -0.3 is 10.2 Å². The van der Waals surface area contributed by atoms with Gasteiger partial charge in [-0.3, -0.25) is 0 Å². The van der Waals surface area contributed by atoms with Gasteiger partial charge in [0.2, 0.25) is 0 Å². The highest BCUT2D eigenvalue weighted by molar-refractivity contribution is 5.40. The lowest BCUT2D eigenvalue weighted by Crippen LogP contribution is -2.39. The van der Waals surface area contributed by atoms with Gasteiger partial charge in [-0.1, -0.05) is 25.8 Å². The van der Waals surface area contributed by atoms with E-state index in [1.807, 2.05) is 0 Å². The maximum Gasteiger partial charge on any atom is 0.128 e. The third-order valence-corrected chi connectivity index (χ3v) is 5.16. The molecule has 1 aromatic heterocycles. The molecular formula is C17H27N3. The van der Waals surface area contributed by atoms with Gasteiger partial charge in [-0.25, -0.2) is 4.98 Å². The molecule has 1 N–H and O–H groups in total. The summed E-state index contributed by atoms with van der Waals surface area (Å²) in [5.74, 6) is 1.17. The van der Waals surface area contributed by atoms with Crippen molar-refractivity contribution in [1.29, 1.82) is 0 Å². The van der Waals surface area contributed by atoms with Crippen LogP contribution in [0.5, 0.6) is 0 Å². The Labute approximate surface area is 122 Å². The Balaban J connectivity index is 1.62. The Hall–Kier alpha value is -1.09. The van der Waals surface area contributed by atoms with Crippen molar-refractivity contribution in [3.63, 3.8) is 0 Å². The minimum Gasteiger partial charge on any atom is -0.357 e. The third kappa shape index (κ3) is 2.98. The van der Waals surface area contributed by atoms with Crippen molar-refractivity contribution in [2.75, 3.05) is 24.5 Å². The van der Waals surface area contributed by atoms with E-state index in [9.17, 15) is 0 Å². The van der Waals surface area contributed by atoms with Crippen LogP contribution in [0.1, 0.15) is 51.1 Å². The van der Waals surface area contributed by atoms with Crippen molar-refractivity contribution in [3.05, 3.63) is 23.9 Å². The minimum atomic E-state index is 0.692. The molecule has 0 bridgehead atoms. The summed E-state index contributed by atoms with van der Waals surface area (Å²) in [5.41, 5.74) is 1.85. The standard InChI is InChI=1S/C17H27N3/c1-2-18-14-15-6-5-7-16(19-15)20-12-10-17(11-13-20)8-3-4-9-17/h5-7,18H,2-4,8-14H2,1H3. The van der Waals surface area contributed by atoms with Crippen LogP contribution >= 0.6 is 0 Å². The zero-order valence-electron chi connectivity index (χ0n) is 12.7. The summed E-state index contributed by atoms with van der Waals surface area (Å²) in [6.07, 6.45) is 8.58. The Morgan fingerprint density at radius 1 is 1.15 bits per heavy atom. The Bertz CT molecular complexity index is 428. The summed E-state index contributed by atoms with van der Waals surface area (Å²) >= 11 is 0. The lowest BCUT2D eigenvalue weighted by Gasteiger charge is -2.40. The molecule has 0 atom stereocenters. The first-order chi connectivity index (χ1) is 9.81. The fourth-order valence-electron chi connectivity index (χ4n) is 3.83. The van der Waals surface area contributed by atoms with Crippen LogP contribution in [-0.4, -0.2) is 24.6 Å². The smallest absolute Gasteiger partial charge is 0.128 e. The van der Waals surface area contributed by atoms with E-state index in [1.165, 1.54) is 57.4 Å². The molecule has 1 aliphatic carbocycles. The quantitative estimate of drug-likeness (QED) is 0.912. The number of anilines is 1. The molecule has 2 aliphatic rings. The minimum absolute atomic E-state index is 0.692. The first-order valence-corrected chi connectivity index (χ1v) is 8.23. The molecule has 3 nitrogen and oxygen atoms in total. The van der Waals surface area contributed by atoms with E-state index in [-0.39, 0.29) is 0 Å². The van der Waals surface area contributed by atoms with E-state index in [2.05, 4.69) is 35.3 Å². The molecule has 0 aromatic carbocycles. The molecule has 1 aliphatic heterocycles. The summed E-state index contributed by atoms with van der Waals surface area (Å²) in [6.45, 7) is 6.39. The second kappa shape index (κ2) is 6.13. The number of nitrogens with one attached hydrogen (secondary N) is 1. The largest absolute Gasteiger partial charge is 0.357 e. The number of nitrogens with zero attached hydrogens (tertiary/aromatic N) is 2. The van der Waals surface area contributed by atoms with Crippen LogP contribution in [-0.2, 0) is 6.54 Å². The number of hydrogen-bond donors (Lipinski definition) is 1. The SMILES string of the molecule is CCNCc1cccc(N2CCC3(CCCC3)CC2)n1. The van der Waals surface area contributed by atoms with Crippen molar-refractivity contribution in [3.8, 4) is 0 Å². The van der Waals surface area contributed by atoms with Gasteiger partial charge in [0.05, 0.1) is 5.69 Å². The fourth-order valence-corrected chi connectivity index (χ4v) is 3.83. The summed E-state index contributed by atoms with van der Waals surface area (Å²) in [4.78, 5) is 7.30. The van der Waals surface area contributed by atoms with Gasteiger partial charge in [0.15, 0.2) is 0 Å². The Morgan fingerprint density at radius 3 is 2.60 bits per heavy atom. The predicted octanol–water partition coefficient (Wildman–Crippen LogP) is 3.35. The summed E-state index contributed by atoms with van der Waals surface area (Å²) < 4.78 is 0. The van der Waals surface area contributed by atoms with E-state index >= 15 is 0 Å². The van der Waals surface area contributed by atoms with Crippen LogP contribution in [0.3, 0.4) is 0 Å². The van der Waals surface area contributed by atoms with Gasteiger partial charge in [-0.05, 0) is 49.8 Å². The van der Waals surface area contributed by atoms with Gasteiger partial charge in [-0.15, -0.1) is 0 Å². The van der Waals surface area contributed by atoms with Crippen molar-refractivity contribution in [2.45, 2.75) is 52.0 Å². The van der Waals surface area contributed by atoms with E-state index in [0.29, 0.717) is 5.41 Å². The van der Waals surface area contributed by atoms with E-state index in [4.69, 9.17) is 4.98 Å². The molecule has 1 aromatic rings. The van der Waals surface area contributed by atoms with Crippen LogP contribution in [0, 0.1) is 5.41 Å². The third-order valence-electron chi connectivity index (χ3n) is 5.16. The van der Waals surface area contributed by atoms with Crippen molar-refractivity contribution >= 4 is 5.82 Å². The number of rotatable bonds is 4. The molecule has 2 fully saturated rings. The molecule has 2 heterocycles. The van der Waals surface area contributed by atoms with Crippen LogP contribution in [0.15, 0.2) is 18.2 Å². The van der Waals surface area contributed by atoms with Gasteiger partial charge >= 0.3 is 0 Å². The number of hydrogen-bond acceptors (Lipinski definition) is 3. The zero-order valence-corrected chi connectivity index (χ0v) is 12.7. The molecule has 1 saturated heterocycles. The topological polar surface area (TPSA) is 28.2 Å². The molecule has 0 unspecified atom stereocenters. The summed E-state index contributed by atoms with van der Waals surface area (Å²) in [5, 5.41) is 3.35. The summed E-state index contributed by atoms with van der Waals surface area (Å²) in [6, 6.07) is 6.44. The van der Waals surface area contributed by atoms with E-state index in [0.717, 1.165) is 18.8 Å². The monoisotopic (exact) mass is 273 g/mol. The molecular weight excluding hydrogens is 246 g/mol. The molecule has 1 saturated carbocycles. The van der Waals surface area contributed by atoms with Crippen LogP contribution in [0.2, 0.25) is 0 Å². The van der Waals surface area contributed by atoms with Crippen LogP contribution in [0.4, 0.5) is 5.82 Å². The average Bonchev–Trinajstić information content (AvgIpc) is 2.94. The van der Waals surface area contributed by atoms with Crippen molar-refractivity contribution in [2.24, 2.45) is 5.41 Å². The molecule has 1 spiro atoms. The maximum absolute atomic E-state index is 4.81. The summed E-state index contributed by atoms with van der Waals surface area (Å²) in [7, 11) is 0. The molecule has 3 heteroatoms. The first kappa shape index (κ1) is 13.9. The second-order valence-corrected chi connectivity index (χ2v) is 6.46. The van der Waals surface area contributed by atoms with Crippen molar-refractivity contribution in [1.82, 2.24) is 10.3 Å². The average molecular weight is 273 g/mol. The normalized spacial score (nSPS) is 21.6. The number of piperidine rings is 1. The predicted molar refractivity (Wildman–Crippen MR) is 84.0 cm³/mol. The lowest BCUT2D eigenvalue weighted by molar-refractivity contribution is 0.226. The van der Waals surface area contributed by atoms with Gasteiger partial charge in [0, 0.05) is 19.6 Å².